The van der Waals surface area contributed by atoms with Crippen LogP contribution in [0.5, 0.6) is 11.5 Å². The lowest BCUT2D eigenvalue weighted by Crippen LogP contribution is -2.12. The van der Waals surface area contributed by atoms with Crippen molar-refractivity contribution < 1.29 is 19.0 Å². The first kappa shape index (κ1) is 13.5. The highest BCUT2D eigenvalue weighted by molar-refractivity contribution is 5.90. The predicted octanol–water partition coefficient (Wildman–Crippen LogP) is 2.02. The van der Waals surface area contributed by atoms with Crippen molar-refractivity contribution in [1.29, 1.82) is 0 Å². The van der Waals surface area contributed by atoms with Crippen molar-refractivity contribution in [2.45, 2.75) is 6.29 Å². The summed E-state index contributed by atoms with van der Waals surface area (Å²) >= 11 is 0. The van der Waals surface area contributed by atoms with Crippen LogP contribution in [0, 0.1) is 0 Å². The van der Waals surface area contributed by atoms with Crippen LogP contribution in [0.1, 0.15) is 22.3 Å². The van der Waals surface area contributed by atoms with E-state index in [0.29, 0.717) is 24.7 Å². The van der Waals surface area contributed by atoms with Gasteiger partial charge in [-0.25, -0.2) is 4.98 Å². The van der Waals surface area contributed by atoms with E-state index in [-0.39, 0.29) is 12.0 Å². The van der Waals surface area contributed by atoms with Gasteiger partial charge in [0.15, 0.2) is 6.29 Å². The maximum Gasteiger partial charge on any atom is 0.267 e. The SMILES string of the molecule is NC(=O)c1ccc(Oc2ccc(C3OCCO3)cc2)cn1. The molecule has 21 heavy (non-hydrogen) atoms. The Labute approximate surface area is 121 Å². The van der Waals surface area contributed by atoms with Gasteiger partial charge in [-0.15, -0.1) is 0 Å². The Morgan fingerprint density at radius 3 is 2.33 bits per heavy atom. The maximum atomic E-state index is 10.9. The van der Waals surface area contributed by atoms with E-state index < -0.39 is 5.91 Å². The molecule has 6 heteroatoms. The molecular weight excluding hydrogens is 272 g/mol. The number of nitrogens with two attached hydrogens (primary N) is 1. The summed E-state index contributed by atoms with van der Waals surface area (Å²) in [6.07, 6.45) is 1.16. The van der Waals surface area contributed by atoms with Gasteiger partial charge in [-0.3, -0.25) is 4.79 Å². The molecule has 2 aromatic rings. The number of pyridine rings is 1. The van der Waals surface area contributed by atoms with Crippen molar-refractivity contribution in [3.8, 4) is 11.5 Å². The Balaban J connectivity index is 1.68. The second-order valence-corrected chi connectivity index (χ2v) is 4.49. The van der Waals surface area contributed by atoms with Crippen molar-refractivity contribution in [3.63, 3.8) is 0 Å². The highest BCUT2D eigenvalue weighted by Gasteiger charge is 2.17. The van der Waals surface area contributed by atoms with Crippen molar-refractivity contribution in [3.05, 3.63) is 53.9 Å². The number of carbonyl (C=O) groups is 1. The average Bonchev–Trinajstić information content (AvgIpc) is 3.03. The van der Waals surface area contributed by atoms with Gasteiger partial charge in [0.05, 0.1) is 19.4 Å². The number of nitrogens with zero attached hydrogens (tertiary/aromatic N) is 1. The van der Waals surface area contributed by atoms with Gasteiger partial charge in [-0.1, -0.05) is 12.1 Å². The van der Waals surface area contributed by atoms with E-state index in [4.69, 9.17) is 19.9 Å². The first-order chi connectivity index (χ1) is 10.2. The van der Waals surface area contributed by atoms with Crippen LogP contribution in [0.3, 0.4) is 0 Å². The number of carbonyl (C=O) groups excluding carboxylic acids is 1. The molecule has 1 amide bonds. The molecule has 1 saturated heterocycles. The Morgan fingerprint density at radius 1 is 1.10 bits per heavy atom. The molecule has 0 radical (unpaired) electrons. The molecule has 6 nitrogen and oxygen atoms in total. The number of hydrogen-bond acceptors (Lipinski definition) is 5. The minimum Gasteiger partial charge on any atom is -0.456 e. The highest BCUT2D eigenvalue weighted by atomic mass is 16.7. The van der Waals surface area contributed by atoms with Gasteiger partial charge in [0.1, 0.15) is 17.2 Å². The van der Waals surface area contributed by atoms with Crippen molar-refractivity contribution in [2.24, 2.45) is 5.73 Å². The fraction of sp³-hybridized carbons (Fsp3) is 0.200. The first-order valence-electron chi connectivity index (χ1n) is 6.49. The lowest BCUT2D eigenvalue weighted by Gasteiger charge is -2.10. The summed E-state index contributed by atoms with van der Waals surface area (Å²) in [6, 6.07) is 10.6. The van der Waals surface area contributed by atoms with Gasteiger partial charge in [-0.05, 0) is 24.3 Å². The summed E-state index contributed by atoms with van der Waals surface area (Å²) in [5.41, 5.74) is 6.28. The van der Waals surface area contributed by atoms with Crippen LogP contribution >= 0.6 is 0 Å². The Morgan fingerprint density at radius 2 is 1.76 bits per heavy atom. The van der Waals surface area contributed by atoms with Crippen molar-refractivity contribution >= 4 is 5.91 Å². The molecule has 0 aliphatic carbocycles. The summed E-state index contributed by atoms with van der Waals surface area (Å²) in [4.78, 5) is 14.8. The molecule has 3 rings (SSSR count). The monoisotopic (exact) mass is 286 g/mol. The molecule has 2 heterocycles. The average molecular weight is 286 g/mol. The molecule has 1 aromatic carbocycles. The molecule has 0 atom stereocenters. The van der Waals surface area contributed by atoms with Gasteiger partial charge >= 0.3 is 0 Å². The van der Waals surface area contributed by atoms with Crippen molar-refractivity contribution in [2.75, 3.05) is 13.2 Å². The first-order valence-corrected chi connectivity index (χ1v) is 6.49. The quantitative estimate of drug-likeness (QED) is 0.929. The van der Waals surface area contributed by atoms with E-state index in [1.54, 1.807) is 6.07 Å². The summed E-state index contributed by atoms with van der Waals surface area (Å²) in [7, 11) is 0. The topological polar surface area (TPSA) is 83.7 Å². The van der Waals surface area contributed by atoms with Crippen LogP contribution in [0.4, 0.5) is 0 Å². The predicted molar refractivity (Wildman–Crippen MR) is 73.9 cm³/mol. The standard InChI is InChI=1S/C15H14N2O4/c16-14(18)13-6-5-12(9-17-13)21-11-3-1-10(2-4-11)15-19-7-8-20-15/h1-6,9,15H,7-8H2,(H2,16,18). The summed E-state index contributed by atoms with van der Waals surface area (Å²) in [5.74, 6) is 0.619. The van der Waals surface area contributed by atoms with Crippen LogP contribution in [0.25, 0.3) is 0 Å². The second kappa shape index (κ2) is 5.90. The van der Waals surface area contributed by atoms with E-state index in [2.05, 4.69) is 4.98 Å². The lowest BCUT2D eigenvalue weighted by molar-refractivity contribution is -0.0441. The normalized spacial score (nSPS) is 15.0. The minimum absolute atomic E-state index is 0.202. The molecule has 0 unspecified atom stereocenters. The molecule has 1 aliphatic rings. The zero-order valence-electron chi connectivity index (χ0n) is 11.2. The third-order valence-corrected chi connectivity index (χ3v) is 3.00. The molecule has 2 N–H and O–H groups in total. The molecule has 0 saturated carbocycles. The summed E-state index contributed by atoms with van der Waals surface area (Å²) < 4.78 is 16.5. The van der Waals surface area contributed by atoms with Gasteiger partial charge in [0, 0.05) is 5.56 Å². The second-order valence-electron chi connectivity index (χ2n) is 4.49. The number of benzene rings is 1. The summed E-state index contributed by atoms with van der Waals surface area (Å²) in [6.45, 7) is 1.22. The number of hydrogen-bond donors (Lipinski definition) is 1. The van der Waals surface area contributed by atoms with Gasteiger partial charge in [0.2, 0.25) is 0 Å². The molecular formula is C15H14N2O4. The fourth-order valence-electron chi connectivity index (χ4n) is 1.97. The maximum absolute atomic E-state index is 10.9. The molecule has 1 aliphatic heterocycles. The van der Waals surface area contributed by atoms with Crippen LogP contribution in [-0.2, 0) is 9.47 Å². The Kier molecular flexibility index (Phi) is 3.81. The van der Waals surface area contributed by atoms with E-state index >= 15 is 0 Å². The lowest BCUT2D eigenvalue weighted by atomic mass is 10.2. The number of aromatic nitrogens is 1. The smallest absolute Gasteiger partial charge is 0.267 e. The number of rotatable bonds is 4. The van der Waals surface area contributed by atoms with E-state index in [9.17, 15) is 4.79 Å². The molecule has 0 bridgehead atoms. The zero-order chi connectivity index (χ0) is 14.7. The van der Waals surface area contributed by atoms with Crippen molar-refractivity contribution in [1.82, 2.24) is 4.98 Å². The highest BCUT2D eigenvalue weighted by Crippen LogP contribution is 2.27. The largest absolute Gasteiger partial charge is 0.456 e. The molecule has 1 fully saturated rings. The van der Waals surface area contributed by atoms with E-state index in [1.165, 1.54) is 12.3 Å². The van der Waals surface area contributed by atoms with E-state index in [0.717, 1.165) is 5.56 Å². The zero-order valence-corrected chi connectivity index (χ0v) is 11.2. The Bertz CT molecular complexity index is 619. The van der Waals surface area contributed by atoms with Gasteiger partial charge in [0.25, 0.3) is 5.91 Å². The minimum atomic E-state index is -0.567. The number of amides is 1. The third kappa shape index (κ3) is 3.18. The third-order valence-electron chi connectivity index (χ3n) is 3.00. The van der Waals surface area contributed by atoms with Gasteiger partial charge < -0.3 is 19.9 Å². The van der Waals surface area contributed by atoms with Crippen LogP contribution in [-0.4, -0.2) is 24.1 Å². The van der Waals surface area contributed by atoms with Crippen LogP contribution in [0.2, 0.25) is 0 Å². The number of primary amides is 1. The molecule has 1 aromatic heterocycles. The number of ether oxygens (including phenoxy) is 3. The molecule has 108 valence electrons. The van der Waals surface area contributed by atoms with E-state index in [1.807, 2.05) is 24.3 Å². The van der Waals surface area contributed by atoms with Crippen LogP contribution in [0.15, 0.2) is 42.6 Å². The summed E-state index contributed by atoms with van der Waals surface area (Å²) in [5, 5.41) is 0. The fourth-order valence-corrected chi connectivity index (χ4v) is 1.97. The Hall–Kier alpha value is -2.44. The van der Waals surface area contributed by atoms with Crippen LogP contribution < -0.4 is 10.5 Å². The van der Waals surface area contributed by atoms with Gasteiger partial charge in [-0.2, -0.15) is 0 Å². The molecule has 0 spiro atoms.